The van der Waals surface area contributed by atoms with Crippen molar-refractivity contribution in [3.63, 3.8) is 0 Å². The first-order valence-electron chi connectivity index (χ1n) is 5.99. The second kappa shape index (κ2) is 6.65. The standard InChI is InChI=1S/C12H18ClFN2O2S/c1-4-15-8-9-6-10(7-11(14)12(9)13)19(17,18)16(3)5-2/h6-7,15H,4-5,8H2,1-3H3. The predicted octanol–water partition coefficient (Wildman–Crippen LogP) is 2.23. The number of hydrogen-bond acceptors (Lipinski definition) is 3. The van der Waals surface area contributed by atoms with Gasteiger partial charge in [-0.1, -0.05) is 25.4 Å². The van der Waals surface area contributed by atoms with Crippen molar-refractivity contribution in [1.29, 1.82) is 0 Å². The van der Waals surface area contributed by atoms with Crippen molar-refractivity contribution in [3.05, 3.63) is 28.5 Å². The summed E-state index contributed by atoms with van der Waals surface area (Å²) in [5.74, 6) is -0.722. The molecule has 4 nitrogen and oxygen atoms in total. The van der Waals surface area contributed by atoms with Crippen molar-refractivity contribution in [2.45, 2.75) is 25.3 Å². The fourth-order valence-electron chi connectivity index (χ4n) is 1.51. The summed E-state index contributed by atoms with van der Waals surface area (Å²) in [5.41, 5.74) is 0.437. The Kier molecular flexibility index (Phi) is 5.73. The molecule has 0 amide bonds. The summed E-state index contributed by atoms with van der Waals surface area (Å²) in [6.45, 7) is 4.93. The SMILES string of the molecule is CCNCc1cc(S(=O)(=O)N(C)CC)cc(F)c1Cl. The van der Waals surface area contributed by atoms with Gasteiger partial charge in [-0.3, -0.25) is 0 Å². The summed E-state index contributed by atoms with van der Waals surface area (Å²) in [6.07, 6.45) is 0. The van der Waals surface area contributed by atoms with Crippen molar-refractivity contribution < 1.29 is 12.8 Å². The van der Waals surface area contributed by atoms with E-state index in [1.807, 2.05) is 6.92 Å². The zero-order valence-corrected chi connectivity index (χ0v) is 12.8. The minimum atomic E-state index is -3.67. The minimum Gasteiger partial charge on any atom is -0.313 e. The lowest BCUT2D eigenvalue weighted by Gasteiger charge is -2.16. The van der Waals surface area contributed by atoms with E-state index in [1.54, 1.807) is 6.92 Å². The molecule has 0 radical (unpaired) electrons. The van der Waals surface area contributed by atoms with Crippen LogP contribution in [0.25, 0.3) is 0 Å². The summed E-state index contributed by atoms with van der Waals surface area (Å²) in [5, 5.41) is 2.95. The normalized spacial score (nSPS) is 12.1. The van der Waals surface area contributed by atoms with Gasteiger partial charge in [0.1, 0.15) is 5.82 Å². The Labute approximate surface area is 118 Å². The molecule has 19 heavy (non-hydrogen) atoms. The van der Waals surface area contributed by atoms with Gasteiger partial charge in [-0.2, -0.15) is 0 Å². The van der Waals surface area contributed by atoms with Crippen LogP contribution in [0.3, 0.4) is 0 Å². The van der Waals surface area contributed by atoms with Gasteiger partial charge in [0, 0.05) is 20.1 Å². The number of halogens is 2. The maximum Gasteiger partial charge on any atom is 0.242 e. The molecule has 0 fully saturated rings. The van der Waals surface area contributed by atoms with E-state index in [4.69, 9.17) is 11.6 Å². The van der Waals surface area contributed by atoms with Crippen LogP contribution < -0.4 is 5.32 Å². The average Bonchev–Trinajstić information content (AvgIpc) is 2.38. The van der Waals surface area contributed by atoms with Crippen molar-refractivity contribution >= 4 is 21.6 Å². The Morgan fingerprint density at radius 1 is 1.37 bits per heavy atom. The van der Waals surface area contributed by atoms with E-state index in [1.165, 1.54) is 13.1 Å². The first kappa shape index (κ1) is 16.4. The fraction of sp³-hybridized carbons (Fsp3) is 0.500. The van der Waals surface area contributed by atoms with Crippen LogP contribution in [-0.2, 0) is 16.6 Å². The molecule has 1 N–H and O–H groups in total. The third kappa shape index (κ3) is 3.66. The molecular formula is C12H18ClFN2O2S. The highest BCUT2D eigenvalue weighted by molar-refractivity contribution is 7.89. The summed E-state index contributed by atoms with van der Waals surface area (Å²) in [6, 6.07) is 2.37. The Bertz CT molecular complexity index is 549. The highest BCUT2D eigenvalue weighted by Crippen LogP contribution is 2.25. The number of benzene rings is 1. The Balaban J connectivity index is 3.27. The molecule has 1 rings (SSSR count). The van der Waals surface area contributed by atoms with Crippen molar-refractivity contribution in [1.82, 2.24) is 9.62 Å². The molecule has 0 unspecified atom stereocenters. The van der Waals surface area contributed by atoms with Gasteiger partial charge in [-0.15, -0.1) is 0 Å². The van der Waals surface area contributed by atoms with Gasteiger partial charge in [-0.05, 0) is 24.2 Å². The van der Waals surface area contributed by atoms with Gasteiger partial charge in [0.15, 0.2) is 0 Å². The van der Waals surface area contributed by atoms with E-state index in [9.17, 15) is 12.8 Å². The van der Waals surface area contributed by atoms with Gasteiger partial charge in [0.2, 0.25) is 10.0 Å². The van der Waals surface area contributed by atoms with Gasteiger partial charge in [-0.25, -0.2) is 17.1 Å². The maximum atomic E-state index is 13.7. The molecule has 0 saturated carbocycles. The molecule has 0 atom stereocenters. The second-order valence-corrected chi connectivity index (χ2v) is 6.50. The first-order chi connectivity index (χ1) is 8.84. The topological polar surface area (TPSA) is 49.4 Å². The summed E-state index contributed by atoms with van der Waals surface area (Å²) < 4.78 is 39.2. The molecule has 1 aromatic rings. The predicted molar refractivity (Wildman–Crippen MR) is 74.3 cm³/mol. The number of nitrogens with one attached hydrogen (secondary N) is 1. The van der Waals surface area contributed by atoms with Crippen molar-refractivity contribution in [2.75, 3.05) is 20.1 Å². The van der Waals surface area contributed by atoms with Crippen LogP contribution in [0.4, 0.5) is 4.39 Å². The molecule has 0 bridgehead atoms. The van der Waals surface area contributed by atoms with Crippen LogP contribution in [0, 0.1) is 5.82 Å². The third-order valence-electron chi connectivity index (χ3n) is 2.80. The molecule has 7 heteroatoms. The number of sulfonamides is 1. The largest absolute Gasteiger partial charge is 0.313 e. The lowest BCUT2D eigenvalue weighted by Crippen LogP contribution is -2.27. The van der Waals surface area contributed by atoms with E-state index in [0.29, 0.717) is 25.2 Å². The maximum absolute atomic E-state index is 13.7. The highest BCUT2D eigenvalue weighted by Gasteiger charge is 2.22. The molecule has 108 valence electrons. The van der Waals surface area contributed by atoms with E-state index < -0.39 is 15.8 Å². The lowest BCUT2D eigenvalue weighted by molar-refractivity contribution is 0.485. The zero-order valence-electron chi connectivity index (χ0n) is 11.2. The summed E-state index contributed by atoms with van der Waals surface area (Å²) in [4.78, 5) is -0.0772. The van der Waals surface area contributed by atoms with Crippen LogP contribution in [0.1, 0.15) is 19.4 Å². The highest BCUT2D eigenvalue weighted by atomic mass is 35.5. The zero-order chi connectivity index (χ0) is 14.6. The van der Waals surface area contributed by atoms with Crippen LogP contribution in [0.5, 0.6) is 0 Å². The van der Waals surface area contributed by atoms with Crippen LogP contribution >= 0.6 is 11.6 Å². The van der Waals surface area contributed by atoms with Crippen LogP contribution in [-0.4, -0.2) is 32.9 Å². The molecule has 0 aliphatic rings. The molecule has 1 aromatic carbocycles. The summed E-state index contributed by atoms with van der Waals surface area (Å²) >= 11 is 5.84. The second-order valence-electron chi connectivity index (χ2n) is 4.08. The van der Waals surface area contributed by atoms with Crippen molar-refractivity contribution in [3.8, 4) is 0 Å². The van der Waals surface area contributed by atoms with E-state index >= 15 is 0 Å². The van der Waals surface area contributed by atoms with E-state index in [-0.39, 0.29) is 9.92 Å². The van der Waals surface area contributed by atoms with Crippen LogP contribution in [0.15, 0.2) is 17.0 Å². The number of nitrogens with zero attached hydrogens (tertiary/aromatic N) is 1. The molecule has 0 spiro atoms. The average molecular weight is 309 g/mol. The Morgan fingerprint density at radius 2 is 2.00 bits per heavy atom. The lowest BCUT2D eigenvalue weighted by atomic mass is 10.2. The van der Waals surface area contributed by atoms with Crippen molar-refractivity contribution in [2.24, 2.45) is 0 Å². The van der Waals surface area contributed by atoms with E-state index in [0.717, 1.165) is 10.4 Å². The monoisotopic (exact) mass is 308 g/mol. The molecule has 0 heterocycles. The Morgan fingerprint density at radius 3 is 2.53 bits per heavy atom. The smallest absolute Gasteiger partial charge is 0.242 e. The minimum absolute atomic E-state index is 0.0425. The van der Waals surface area contributed by atoms with Crippen LogP contribution in [0.2, 0.25) is 5.02 Å². The molecular weight excluding hydrogens is 291 g/mol. The molecule has 0 aliphatic heterocycles. The van der Waals surface area contributed by atoms with Gasteiger partial charge < -0.3 is 5.32 Å². The quantitative estimate of drug-likeness (QED) is 0.877. The third-order valence-corrected chi connectivity index (χ3v) is 5.13. The molecule has 0 aromatic heterocycles. The number of hydrogen-bond donors (Lipinski definition) is 1. The fourth-order valence-corrected chi connectivity index (χ4v) is 2.92. The first-order valence-corrected chi connectivity index (χ1v) is 7.81. The van der Waals surface area contributed by atoms with Gasteiger partial charge in [0.05, 0.1) is 9.92 Å². The summed E-state index contributed by atoms with van der Waals surface area (Å²) in [7, 11) is -2.22. The van der Waals surface area contributed by atoms with E-state index in [2.05, 4.69) is 5.32 Å². The molecule has 0 saturated heterocycles. The van der Waals surface area contributed by atoms with Gasteiger partial charge in [0.25, 0.3) is 0 Å². The Hall–Kier alpha value is -0.690. The number of rotatable bonds is 6. The molecule has 0 aliphatic carbocycles. The van der Waals surface area contributed by atoms with Gasteiger partial charge >= 0.3 is 0 Å².